The number of aromatic nitrogens is 2. The number of halogens is 3. The molecule has 2 aromatic heterocycles. The maximum atomic E-state index is 12.8. The SMILES string of the molecule is Cc1c(C(F)(F)F)n2c(C)coc2nc1=O. The van der Waals surface area contributed by atoms with Gasteiger partial charge in [-0.2, -0.15) is 18.2 Å². The molecule has 7 heteroatoms. The van der Waals surface area contributed by atoms with E-state index in [0.717, 1.165) is 17.6 Å². The van der Waals surface area contributed by atoms with Gasteiger partial charge in [-0.15, -0.1) is 0 Å². The highest BCUT2D eigenvalue weighted by Gasteiger charge is 2.37. The fourth-order valence-corrected chi connectivity index (χ4v) is 1.52. The number of hydrogen-bond donors (Lipinski definition) is 0. The van der Waals surface area contributed by atoms with E-state index in [1.165, 1.54) is 6.92 Å². The average molecular weight is 232 g/mol. The molecule has 0 saturated carbocycles. The van der Waals surface area contributed by atoms with E-state index in [0.29, 0.717) is 0 Å². The second-order valence-corrected chi connectivity index (χ2v) is 3.38. The fourth-order valence-electron chi connectivity index (χ4n) is 1.52. The van der Waals surface area contributed by atoms with E-state index in [4.69, 9.17) is 4.42 Å². The quantitative estimate of drug-likeness (QED) is 0.697. The predicted octanol–water partition coefficient (Wildman–Crippen LogP) is 1.92. The van der Waals surface area contributed by atoms with Crippen molar-refractivity contribution < 1.29 is 17.6 Å². The summed E-state index contributed by atoms with van der Waals surface area (Å²) in [7, 11) is 0. The van der Waals surface area contributed by atoms with Gasteiger partial charge in [0.2, 0.25) is 0 Å². The van der Waals surface area contributed by atoms with Crippen molar-refractivity contribution in [1.82, 2.24) is 9.38 Å². The molecule has 0 aromatic carbocycles. The Balaban J connectivity index is 3.03. The first-order valence-electron chi connectivity index (χ1n) is 4.37. The van der Waals surface area contributed by atoms with Gasteiger partial charge < -0.3 is 4.42 Å². The first-order valence-corrected chi connectivity index (χ1v) is 4.37. The van der Waals surface area contributed by atoms with Crippen LogP contribution in [-0.4, -0.2) is 9.38 Å². The van der Waals surface area contributed by atoms with Crippen LogP contribution in [0.3, 0.4) is 0 Å². The first-order chi connectivity index (χ1) is 7.32. The van der Waals surface area contributed by atoms with Crippen molar-refractivity contribution in [2.24, 2.45) is 0 Å². The smallest absolute Gasteiger partial charge is 0.431 e. The number of hydrogen-bond acceptors (Lipinski definition) is 3. The van der Waals surface area contributed by atoms with Crippen LogP contribution in [0, 0.1) is 13.8 Å². The number of alkyl halides is 3. The van der Waals surface area contributed by atoms with E-state index >= 15 is 0 Å². The van der Waals surface area contributed by atoms with E-state index in [1.807, 2.05) is 0 Å². The second kappa shape index (κ2) is 3.10. The zero-order valence-corrected chi connectivity index (χ0v) is 8.42. The summed E-state index contributed by atoms with van der Waals surface area (Å²) in [5.74, 6) is -0.347. The molecular weight excluding hydrogens is 225 g/mol. The maximum absolute atomic E-state index is 12.8. The summed E-state index contributed by atoms with van der Waals surface area (Å²) >= 11 is 0. The fraction of sp³-hybridized carbons (Fsp3) is 0.333. The molecule has 0 amide bonds. The van der Waals surface area contributed by atoms with Crippen LogP contribution in [0.15, 0.2) is 15.5 Å². The Kier molecular flexibility index (Phi) is 2.08. The number of nitrogens with zero attached hydrogens (tertiary/aromatic N) is 2. The van der Waals surface area contributed by atoms with Crippen molar-refractivity contribution in [3.63, 3.8) is 0 Å². The van der Waals surface area contributed by atoms with Gasteiger partial charge in [-0.1, -0.05) is 0 Å². The van der Waals surface area contributed by atoms with Gasteiger partial charge >= 0.3 is 12.0 Å². The summed E-state index contributed by atoms with van der Waals surface area (Å²) in [6, 6.07) is 0. The van der Waals surface area contributed by atoms with Crippen molar-refractivity contribution in [3.8, 4) is 0 Å². The van der Waals surface area contributed by atoms with Crippen LogP contribution in [0.25, 0.3) is 5.84 Å². The lowest BCUT2D eigenvalue weighted by Crippen LogP contribution is -2.23. The van der Waals surface area contributed by atoms with Crippen LogP contribution in [-0.2, 0) is 6.18 Å². The van der Waals surface area contributed by atoms with E-state index in [9.17, 15) is 18.0 Å². The van der Waals surface area contributed by atoms with Gasteiger partial charge in [0.05, 0.1) is 5.69 Å². The number of oxazole rings is 1. The van der Waals surface area contributed by atoms with Crippen molar-refractivity contribution in [1.29, 1.82) is 0 Å². The minimum Gasteiger partial charge on any atom is -0.431 e. The molecule has 0 N–H and O–H groups in total. The third-order valence-electron chi connectivity index (χ3n) is 2.24. The molecule has 0 spiro atoms. The minimum atomic E-state index is -4.62. The summed E-state index contributed by atoms with van der Waals surface area (Å²) < 4.78 is 43.9. The average Bonchev–Trinajstić information content (AvgIpc) is 2.47. The Morgan fingerprint density at radius 1 is 1.38 bits per heavy atom. The summed E-state index contributed by atoms with van der Waals surface area (Å²) in [6.07, 6.45) is -3.50. The van der Waals surface area contributed by atoms with Gasteiger partial charge in [-0.05, 0) is 13.8 Å². The molecule has 2 aromatic rings. The molecule has 2 rings (SSSR count). The lowest BCUT2D eigenvalue weighted by molar-refractivity contribution is -0.142. The van der Waals surface area contributed by atoms with Crippen LogP contribution in [0.4, 0.5) is 13.2 Å². The second-order valence-electron chi connectivity index (χ2n) is 3.38. The molecule has 0 aliphatic rings. The molecule has 0 radical (unpaired) electrons. The highest BCUT2D eigenvalue weighted by atomic mass is 19.4. The van der Waals surface area contributed by atoms with Gasteiger partial charge in [0, 0.05) is 5.56 Å². The monoisotopic (exact) mass is 232 g/mol. The molecule has 0 atom stereocenters. The predicted molar refractivity (Wildman–Crippen MR) is 48.2 cm³/mol. The van der Waals surface area contributed by atoms with Crippen LogP contribution in [0.1, 0.15) is 17.0 Å². The molecule has 0 unspecified atom stereocenters. The highest BCUT2D eigenvalue weighted by Crippen LogP contribution is 2.31. The zero-order chi connectivity index (χ0) is 12.1. The molecule has 4 nitrogen and oxygen atoms in total. The standard InChI is InChI=1S/C9H7F3N2O2/c1-4-3-16-8-13-7(15)5(2)6(14(4)8)9(10,11)12/h3H,1-2H3. The lowest BCUT2D eigenvalue weighted by atomic mass is 10.2. The summed E-state index contributed by atoms with van der Waals surface area (Å²) in [6.45, 7) is 2.54. The maximum Gasteiger partial charge on any atom is 0.432 e. The van der Waals surface area contributed by atoms with E-state index in [-0.39, 0.29) is 11.5 Å². The highest BCUT2D eigenvalue weighted by molar-refractivity contribution is 5.34. The molecule has 0 aliphatic heterocycles. The molecule has 0 aliphatic carbocycles. The Hall–Kier alpha value is -1.79. The van der Waals surface area contributed by atoms with E-state index < -0.39 is 23.0 Å². The Morgan fingerprint density at radius 3 is 2.56 bits per heavy atom. The third kappa shape index (κ3) is 1.39. The molecular formula is C9H7F3N2O2. The molecule has 0 saturated heterocycles. The van der Waals surface area contributed by atoms with Gasteiger partial charge in [-0.3, -0.25) is 9.20 Å². The zero-order valence-electron chi connectivity index (χ0n) is 8.42. The van der Waals surface area contributed by atoms with Crippen molar-refractivity contribution in [2.75, 3.05) is 0 Å². The summed E-state index contributed by atoms with van der Waals surface area (Å²) in [5, 5.41) is 0. The van der Waals surface area contributed by atoms with E-state index in [2.05, 4.69) is 4.98 Å². The molecule has 86 valence electrons. The minimum absolute atomic E-state index is 0.234. The largest absolute Gasteiger partial charge is 0.432 e. The van der Waals surface area contributed by atoms with Crippen molar-refractivity contribution >= 4 is 5.84 Å². The van der Waals surface area contributed by atoms with Gasteiger partial charge in [0.15, 0.2) is 0 Å². The van der Waals surface area contributed by atoms with Gasteiger partial charge in [0.1, 0.15) is 12.0 Å². The van der Waals surface area contributed by atoms with Crippen LogP contribution in [0.5, 0.6) is 0 Å². The van der Waals surface area contributed by atoms with Crippen molar-refractivity contribution in [3.05, 3.63) is 33.6 Å². The normalized spacial score (nSPS) is 12.3. The van der Waals surface area contributed by atoms with Crippen molar-refractivity contribution in [2.45, 2.75) is 20.0 Å². The van der Waals surface area contributed by atoms with Crippen LogP contribution >= 0.6 is 0 Å². The topological polar surface area (TPSA) is 47.5 Å². The number of aryl methyl sites for hydroxylation is 1. The number of rotatable bonds is 0. The Bertz CT molecular complexity index is 609. The van der Waals surface area contributed by atoms with E-state index in [1.54, 1.807) is 0 Å². The molecule has 2 heterocycles. The molecule has 16 heavy (non-hydrogen) atoms. The van der Waals surface area contributed by atoms with Gasteiger partial charge in [-0.25, -0.2) is 0 Å². The molecule has 0 bridgehead atoms. The summed E-state index contributed by atoms with van der Waals surface area (Å²) in [5.41, 5.74) is -2.16. The Labute approximate surface area is 87.3 Å². The van der Waals surface area contributed by atoms with Crippen LogP contribution < -0.4 is 5.56 Å². The van der Waals surface area contributed by atoms with Gasteiger partial charge in [0.25, 0.3) is 5.56 Å². The first kappa shape index (κ1) is 10.7. The summed E-state index contributed by atoms with van der Waals surface area (Å²) in [4.78, 5) is 14.6. The third-order valence-corrected chi connectivity index (χ3v) is 2.24. The number of fused-ring (bicyclic) bond motifs is 1. The van der Waals surface area contributed by atoms with Crippen LogP contribution in [0.2, 0.25) is 0 Å². The lowest BCUT2D eigenvalue weighted by Gasteiger charge is -2.11. The molecule has 0 fully saturated rings. The Morgan fingerprint density at radius 2 is 2.00 bits per heavy atom.